The number of nitrogens with zero attached hydrogens (tertiary/aromatic N) is 2. The fraction of sp³-hybridized carbons (Fsp3) is 0.654. The number of likely N-dealkylation sites (tertiary alicyclic amines) is 1. The Hall–Kier alpha value is -2.57. The second-order valence-corrected chi connectivity index (χ2v) is 9.87. The summed E-state index contributed by atoms with van der Waals surface area (Å²) >= 11 is 0. The van der Waals surface area contributed by atoms with Gasteiger partial charge in [-0.05, 0) is 69.8 Å². The summed E-state index contributed by atoms with van der Waals surface area (Å²) in [5, 5.41) is 29.6. The van der Waals surface area contributed by atoms with Gasteiger partial charge in [-0.2, -0.15) is 0 Å². The van der Waals surface area contributed by atoms with E-state index in [4.69, 9.17) is 15.2 Å². The summed E-state index contributed by atoms with van der Waals surface area (Å²) in [6, 6.07) is 7.36. The number of amides is 1. The van der Waals surface area contributed by atoms with Gasteiger partial charge in [0.2, 0.25) is 5.91 Å². The summed E-state index contributed by atoms with van der Waals surface area (Å²) in [4.78, 5) is 44.3. The van der Waals surface area contributed by atoms with Crippen molar-refractivity contribution in [3.63, 3.8) is 0 Å². The fourth-order valence-electron chi connectivity index (χ4n) is 5.45. The predicted molar refractivity (Wildman–Crippen MR) is 131 cm³/mol. The predicted octanol–water partition coefficient (Wildman–Crippen LogP) is 2.55. The number of hydrogen-bond acceptors (Lipinski definition) is 9. The first kappa shape index (κ1) is 29.0. The molecule has 0 bridgehead atoms. The van der Waals surface area contributed by atoms with E-state index >= 15 is 0 Å². The van der Waals surface area contributed by atoms with Crippen LogP contribution in [0.5, 0.6) is 0 Å². The lowest BCUT2D eigenvalue weighted by atomic mass is 10.0. The molecule has 37 heavy (non-hydrogen) atoms. The van der Waals surface area contributed by atoms with E-state index in [1.807, 2.05) is 30.3 Å². The topological polar surface area (TPSA) is 149 Å². The van der Waals surface area contributed by atoms with Crippen LogP contribution in [0.1, 0.15) is 63.9 Å². The Bertz CT molecular complexity index is 884. The third kappa shape index (κ3) is 8.47. The van der Waals surface area contributed by atoms with Crippen LogP contribution in [0.4, 0.5) is 0 Å². The quantitative estimate of drug-likeness (QED) is 0.154. The number of carboxylic acids is 1. The molecule has 11 nitrogen and oxygen atoms in total. The Morgan fingerprint density at radius 2 is 1.84 bits per heavy atom. The highest BCUT2D eigenvalue weighted by Crippen LogP contribution is 2.41. The van der Waals surface area contributed by atoms with Crippen LogP contribution in [0.15, 0.2) is 30.3 Å². The first-order valence-electron chi connectivity index (χ1n) is 13.1. The van der Waals surface area contributed by atoms with Crippen LogP contribution in [0.2, 0.25) is 0 Å². The molecule has 11 heteroatoms. The Morgan fingerprint density at radius 3 is 2.54 bits per heavy atom. The van der Waals surface area contributed by atoms with Crippen molar-refractivity contribution in [1.29, 1.82) is 0 Å². The molecule has 1 aromatic carbocycles. The summed E-state index contributed by atoms with van der Waals surface area (Å²) in [5.41, 5.74) is 1.06. The zero-order valence-electron chi connectivity index (χ0n) is 21.3. The monoisotopic (exact) mass is 521 g/mol. The lowest BCUT2D eigenvalue weighted by molar-refractivity contribution is -0.492. The van der Waals surface area contributed by atoms with Gasteiger partial charge in [-0.15, -0.1) is 0 Å². The summed E-state index contributed by atoms with van der Waals surface area (Å²) in [6.07, 6.45) is 6.04. The molecule has 3 rings (SSSR count). The largest absolute Gasteiger partial charge is 0.480 e. The first-order valence-corrected chi connectivity index (χ1v) is 13.1. The van der Waals surface area contributed by atoms with Gasteiger partial charge in [0.15, 0.2) is 0 Å². The van der Waals surface area contributed by atoms with Gasteiger partial charge in [0.05, 0.1) is 24.6 Å². The van der Waals surface area contributed by atoms with Crippen LogP contribution in [0.25, 0.3) is 0 Å². The van der Waals surface area contributed by atoms with E-state index in [0.717, 1.165) is 24.8 Å². The van der Waals surface area contributed by atoms with Crippen molar-refractivity contribution in [1.82, 2.24) is 15.6 Å². The summed E-state index contributed by atoms with van der Waals surface area (Å²) in [5.74, 6) is -1.51. The Balaban J connectivity index is 1.58. The van der Waals surface area contributed by atoms with Gasteiger partial charge in [-0.1, -0.05) is 36.8 Å². The molecular formula is C26H39N3O8. The van der Waals surface area contributed by atoms with Crippen molar-refractivity contribution in [2.45, 2.75) is 88.9 Å². The van der Waals surface area contributed by atoms with Gasteiger partial charge < -0.3 is 14.7 Å². The minimum Gasteiger partial charge on any atom is -0.480 e. The minimum absolute atomic E-state index is 0.0553. The number of carboxylic acid groups (broad SMARTS) is 1. The zero-order valence-corrected chi connectivity index (χ0v) is 21.3. The van der Waals surface area contributed by atoms with Crippen LogP contribution >= 0.6 is 0 Å². The standard InChI is InChI=1S/C26H39N3O8/c1-18(24(30)28-22-12-8-11-20(22)17-23(28)25(31)32)27-21(14-13-19-9-4-2-5-10-19)26(33)36-15-6-3-7-16-37-29(34)35/h2,4-5,9-10,18,20-23,27,34-35H,3,6-8,11-17H2,1H3,(H,31,32). The lowest BCUT2D eigenvalue weighted by Crippen LogP contribution is -2.55. The van der Waals surface area contributed by atoms with Crippen molar-refractivity contribution in [2.24, 2.45) is 5.92 Å². The Labute approximate surface area is 217 Å². The van der Waals surface area contributed by atoms with E-state index in [-0.39, 0.29) is 36.5 Å². The second-order valence-electron chi connectivity index (χ2n) is 9.87. The number of benzene rings is 1. The number of fused-ring (bicyclic) bond motifs is 1. The number of ether oxygens (including phenoxy) is 1. The summed E-state index contributed by atoms with van der Waals surface area (Å²) in [6.45, 7) is 1.99. The van der Waals surface area contributed by atoms with Crippen LogP contribution in [-0.2, 0) is 30.4 Å². The van der Waals surface area contributed by atoms with E-state index in [9.17, 15) is 19.5 Å². The maximum absolute atomic E-state index is 13.4. The molecule has 5 unspecified atom stereocenters. The number of rotatable bonds is 15. The number of aliphatic carboxylic acids is 1. The maximum Gasteiger partial charge on any atom is 0.326 e. The van der Waals surface area contributed by atoms with Crippen molar-refractivity contribution in [3.05, 3.63) is 35.9 Å². The highest BCUT2D eigenvalue weighted by molar-refractivity contribution is 5.88. The SMILES string of the molecule is CC(NC(CCc1ccccc1)C(=O)OCCCCCON(O)O)C(=O)N1C(C(=O)O)CC2CCCC21. The molecule has 1 aromatic rings. The molecule has 1 aliphatic carbocycles. The third-order valence-corrected chi connectivity index (χ3v) is 7.29. The van der Waals surface area contributed by atoms with E-state index in [1.54, 1.807) is 11.8 Å². The number of carbonyl (C=O) groups is 3. The zero-order chi connectivity index (χ0) is 26.8. The van der Waals surface area contributed by atoms with Crippen molar-refractivity contribution >= 4 is 17.8 Å². The van der Waals surface area contributed by atoms with E-state index in [2.05, 4.69) is 10.2 Å². The van der Waals surface area contributed by atoms with Crippen molar-refractivity contribution < 1.29 is 39.5 Å². The van der Waals surface area contributed by atoms with E-state index in [1.165, 1.54) is 0 Å². The van der Waals surface area contributed by atoms with Gasteiger partial charge in [0.25, 0.3) is 0 Å². The molecule has 5 atom stereocenters. The number of hydrogen-bond donors (Lipinski definition) is 4. The smallest absolute Gasteiger partial charge is 0.326 e. The molecule has 2 fully saturated rings. The third-order valence-electron chi connectivity index (χ3n) is 7.29. The molecule has 1 amide bonds. The number of aryl methyl sites for hydroxylation is 1. The normalized spacial score (nSPS) is 22.6. The molecular weight excluding hydrogens is 482 g/mol. The molecule has 0 spiro atoms. The molecule has 1 heterocycles. The van der Waals surface area contributed by atoms with Gasteiger partial charge in [0.1, 0.15) is 12.1 Å². The number of carbonyl (C=O) groups excluding carboxylic acids is 2. The maximum atomic E-state index is 13.4. The van der Waals surface area contributed by atoms with Crippen molar-refractivity contribution in [2.75, 3.05) is 13.2 Å². The lowest BCUT2D eigenvalue weighted by Gasteiger charge is -2.32. The van der Waals surface area contributed by atoms with Crippen LogP contribution in [-0.4, -0.2) is 81.0 Å². The molecule has 206 valence electrons. The van der Waals surface area contributed by atoms with Gasteiger partial charge in [0, 0.05) is 6.04 Å². The molecule has 1 saturated carbocycles. The van der Waals surface area contributed by atoms with E-state index in [0.29, 0.717) is 38.5 Å². The van der Waals surface area contributed by atoms with Gasteiger partial charge in [-0.3, -0.25) is 30.2 Å². The molecule has 1 aliphatic heterocycles. The highest BCUT2D eigenvalue weighted by Gasteiger charge is 2.49. The number of nitrogens with one attached hydrogen (secondary N) is 1. The summed E-state index contributed by atoms with van der Waals surface area (Å²) < 4.78 is 5.48. The Kier molecular flexibility index (Phi) is 11.3. The minimum atomic E-state index is -0.980. The number of unbranched alkanes of at least 4 members (excludes halogenated alkanes) is 2. The molecule has 4 N–H and O–H groups in total. The molecule has 0 radical (unpaired) electrons. The highest BCUT2D eigenvalue weighted by atomic mass is 17.1. The summed E-state index contributed by atoms with van der Waals surface area (Å²) in [7, 11) is 0. The van der Waals surface area contributed by atoms with Gasteiger partial charge in [-0.25, -0.2) is 4.79 Å². The molecule has 1 saturated heterocycles. The van der Waals surface area contributed by atoms with Crippen LogP contribution in [0.3, 0.4) is 0 Å². The molecule has 0 aromatic heterocycles. The fourth-order valence-corrected chi connectivity index (χ4v) is 5.45. The number of esters is 1. The average Bonchev–Trinajstić information content (AvgIpc) is 3.47. The molecule has 2 aliphatic rings. The van der Waals surface area contributed by atoms with Crippen LogP contribution < -0.4 is 5.32 Å². The average molecular weight is 522 g/mol. The van der Waals surface area contributed by atoms with Gasteiger partial charge >= 0.3 is 11.9 Å². The van der Waals surface area contributed by atoms with Crippen LogP contribution in [0, 0.1) is 5.92 Å². The Morgan fingerprint density at radius 1 is 1.11 bits per heavy atom. The van der Waals surface area contributed by atoms with E-state index < -0.39 is 30.1 Å². The second kappa shape index (κ2) is 14.4. The van der Waals surface area contributed by atoms with Crippen molar-refractivity contribution in [3.8, 4) is 0 Å². The first-order chi connectivity index (χ1) is 17.8.